The molecule has 25 heavy (non-hydrogen) atoms. The Kier molecular flexibility index (Phi) is 6.18. The summed E-state index contributed by atoms with van der Waals surface area (Å²) >= 11 is 5.98. The molecule has 6 nitrogen and oxygen atoms in total. The summed E-state index contributed by atoms with van der Waals surface area (Å²) in [5.74, 6) is -0.395. The van der Waals surface area contributed by atoms with Crippen LogP contribution in [0, 0.1) is 6.92 Å². The second-order valence-electron chi connectivity index (χ2n) is 5.41. The van der Waals surface area contributed by atoms with Crippen molar-refractivity contribution < 1.29 is 18.0 Å². The number of hydrogen-bond acceptors (Lipinski definition) is 4. The first-order valence-electron chi connectivity index (χ1n) is 7.42. The Morgan fingerprint density at radius 3 is 2.44 bits per heavy atom. The third-order valence-corrected chi connectivity index (χ3v) is 5.80. The van der Waals surface area contributed by atoms with Gasteiger partial charge in [0.1, 0.15) is 4.90 Å². The minimum atomic E-state index is -3.95. The quantitative estimate of drug-likeness (QED) is 0.779. The van der Waals surface area contributed by atoms with E-state index in [1.807, 2.05) is 31.2 Å². The number of rotatable bonds is 6. The van der Waals surface area contributed by atoms with Crippen LogP contribution in [0.2, 0.25) is 5.02 Å². The van der Waals surface area contributed by atoms with Crippen LogP contribution in [0.3, 0.4) is 0 Å². The third-order valence-electron chi connectivity index (χ3n) is 3.64. The molecule has 134 valence electrons. The molecule has 0 bridgehead atoms. The van der Waals surface area contributed by atoms with E-state index >= 15 is 0 Å². The maximum atomic E-state index is 12.4. The zero-order valence-corrected chi connectivity index (χ0v) is 15.7. The Morgan fingerprint density at radius 1 is 1.20 bits per heavy atom. The van der Waals surface area contributed by atoms with E-state index in [4.69, 9.17) is 16.4 Å². The number of nitrogens with zero attached hydrogens (tertiary/aromatic N) is 1. The molecule has 0 aliphatic heterocycles. The maximum absolute atomic E-state index is 12.4. The van der Waals surface area contributed by atoms with Crippen LogP contribution in [-0.4, -0.2) is 33.0 Å². The molecule has 0 saturated heterocycles. The molecule has 0 atom stereocenters. The highest BCUT2D eigenvalue weighted by molar-refractivity contribution is 7.89. The molecule has 0 unspecified atom stereocenters. The molecular formula is C17H19ClN2O4S. The number of aryl methyl sites for hydroxylation is 1. The van der Waals surface area contributed by atoms with Gasteiger partial charge in [-0.3, -0.25) is 9.63 Å². The van der Waals surface area contributed by atoms with E-state index in [2.05, 4.69) is 5.32 Å². The first-order valence-corrected chi connectivity index (χ1v) is 9.24. The molecule has 0 fully saturated rings. The van der Waals surface area contributed by atoms with Gasteiger partial charge in [0, 0.05) is 19.2 Å². The summed E-state index contributed by atoms with van der Waals surface area (Å²) < 4.78 is 25.4. The van der Waals surface area contributed by atoms with Gasteiger partial charge < -0.3 is 5.32 Å². The number of amides is 1. The fourth-order valence-electron chi connectivity index (χ4n) is 2.07. The van der Waals surface area contributed by atoms with Crippen molar-refractivity contribution in [1.29, 1.82) is 0 Å². The van der Waals surface area contributed by atoms with Gasteiger partial charge in [-0.15, -0.1) is 0 Å². The minimum Gasteiger partial charge on any atom is -0.348 e. The van der Waals surface area contributed by atoms with E-state index in [0.717, 1.165) is 11.1 Å². The number of nitrogens with one attached hydrogen (secondary N) is 1. The van der Waals surface area contributed by atoms with Crippen LogP contribution in [0.25, 0.3) is 0 Å². The summed E-state index contributed by atoms with van der Waals surface area (Å²) in [5.41, 5.74) is 2.27. The number of halogens is 1. The van der Waals surface area contributed by atoms with Crippen molar-refractivity contribution in [2.75, 3.05) is 14.2 Å². The number of carbonyl (C=O) groups is 1. The maximum Gasteiger partial charge on any atom is 0.266 e. The Hall–Kier alpha value is -1.93. The van der Waals surface area contributed by atoms with Crippen molar-refractivity contribution in [3.05, 3.63) is 64.2 Å². The van der Waals surface area contributed by atoms with E-state index in [9.17, 15) is 13.2 Å². The topological polar surface area (TPSA) is 75.7 Å². The van der Waals surface area contributed by atoms with Gasteiger partial charge in [-0.1, -0.05) is 45.9 Å². The second kappa shape index (κ2) is 7.97. The SMILES string of the molecule is CON(C)S(=O)(=O)c1cc(C(=O)NCc2ccc(C)cc2)ccc1Cl. The van der Waals surface area contributed by atoms with Crippen molar-refractivity contribution in [2.24, 2.45) is 0 Å². The van der Waals surface area contributed by atoms with Crippen LogP contribution in [0.4, 0.5) is 0 Å². The molecule has 1 amide bonds. The van der Waals surface area contributed by atoms with Crippen molar-refractivity contribution in [3.63, 3.8) is 0 Å². The van der Waals surface area contributed by atoms with E-state index < -0.39 is 15.9 Å². The van der Waals surface area contributed by atoms with Gasteiger partial charge in [0.05, 0.1) is 12.1 Å². The Bertz CT molecular complexity index is 867. The summed E-state index contributed by atoms with van der Waals surface area (Å²) in [6, 6.07) is 11.8. The zero-order chi connectivity index (χ0) is 18.6. The average molecular weight is 383 g/mol. The van der Waals surface area contributed by atoms with Crippen LogP contribution < -0.4 is 5.32 Å². The molecule has 0 aromatic heterocycles. The highest BCUT2D eigenvalue weighted by Crippen LogP contribution is 2.25. The van der Waals surface area contributed by atoms with Crippen LogP contribution >= 0.6 is 11.6 Å². The highest BCUT2D eigenvalue weighted by atomic mass is 35.5. The lowest BCUT2D eigenvalue weighted by molar-refractivity contribution is -0.0258. The summed E-state index contributed by atoms with van der Waals surface area (Å²) in [6.45, 7) is 2.32. The lowest BCUT2D eigenvalue weighted by Crippen LogP contribution is -2.27. The van der Waals surface area contributed by atoms with E-state index in [0.29, 0.717) is 11.0 Å². The van der Waals surface area contributed by atoms with Gasteiger partial charge in [-0.25, -0.2) is 8.42 Å². The lowest BCUT2D eigenvalue weighted by atomic mass is 10.1. The number of hydroxylamine groups is 1. The van der Waals surface area contributed by atoms with Gasteiger partial charge in [0.15, 0.2) is 0 Å². The van der Waals surface area contributed by atoms with Crippen LogP contribution in [0.15, 0.2) is 47.4 Å². The molecule has 2 rings (SSSR count). The molecule has 0 heterocycles. The summed E-state index contributed by atoms with van der Waals surface area (Å²) in [5, 5.41) is 2.77. The van der Waals surface area contributed by atoms with Crippen molar-refractivity contribution in [2.45, 2.75) is 18.4 Å². The minimum absolute atomic E-state index is 0.0129. The molecular weight excluding hydrogens is 364 g/mol. The van der Waals surface area contributed by atoms with E-state index in [1.54, 1.807) is 0 Å². The smallest absolute Gasteiger partial charge is 0.266 e. The van der Waals surface area contributed by atoms with Crippen LogP contribution in [0.1, 0.15) is 21.5 Å². The monoisotopic (exact) mass is 382 g/mol. The van der Waals surface area contributed by atoms with Gasteiger partial charge in [0.2, 0.25) is 0 Å². The first kappa shape index (κ1) is 19.4. The number of carbonyl (C=O) groups excluding carboxylic acids is 1. The van der Waals surface area contributed by atoms with E-state index in [-0.39, 0.29) is 15.5 Å². The Morgan fingerprint density at radius 2 is 1.84 bits per heavy atom. The largest absolute Gasteiger partial charge is 0.348 e. The zero-order valence-electron chi connectivity index (χ0n) is 14.1. The molecule has 0 spiro atoms. The predicted octanol–water partition coefficient (Wildman–Crippen LogP) is 2.76. The molecule has 0 saturated carbocycles. The predicted molar refractivity (Wildman–Crippen MR) is 95.8 cm³/mol. The fraction of sp³-hybridized carbons (Fsp3) is 0.235. The molecule has 0 aliphatic rings. The fourth-order valence-corrected chi connectivity index (χ4v) is 3.54. The summed E-state index contributed by atoms with van der Waals surface area (Å²) in [4.78, 5) is 16.9. The normalized spacial score (nSPS) is 11.6. The lowest BCUT2D eigenvalue weighted by Gasteiger charge is -2.16. The highest BCUT2D eigenvalue weighted by Gasteiger charge is 2.25. The van der Waals surface area contributed by atoms with Gasteiger partial charge >= 0.3 is 0 Å². The molecule has 2 aromatic rings. The van der Waals surface area contributed by atoms with E-state index in [1.165, 1.54) is 32.4 Å². The van der Waals surface area contributed by atoms with Crippen LogP contribution in [0.5, 0.6) is 0 Å². The molecule has 0 aliphatic carbocycles. The number of hydrogen-bond donors (Lipinski definition) is 1. The number of benzene rings is 2. The molecule has 0 radical (unpaired) electrons. The van der Waals surface area contributed by atoms with Gasteiger partial charge in [-0.2, -0.15) is 0 Å². The summed E-state index contributed by atoms with van der Waals surface area (Å²) in [7, 11) is -1.48. The molecule has 1 N–H and O–H groups in total. The Balaban J connectivity index is 2.21. The second-order valence-corrected chi connectivity index (χ2v) is 7.72. The van der Waals surface area contributed by atoms with Crippen molar-refractivity contribution >= 4 is 27.5 Å². The number of sulfonamides is 1. The van der Waals surface area contributed by atoms with Crippen LogP contribution in [-0.2, 0) is 21.4 Å². The molecule has 8 heteroatoms. The third kappa shape index (κ3) is 4.58. The Labute approximate surface area is 152 Å². The van der Waals surface area contributed by atoms with Gasteiger partial charge in [0.25, 0.3) is 15.9 Å². The summed E-state index contributed by atoms with van der Waals surface area (Å²) in [6.07, 6.45) is 0. The molecule has 2 aromatic carbocycles. The first-order chi connectivity index (χ1) is 11.8. The van der Waals surface area contributed by atoms with Crippen molar-refractivity contribution in [1.82, 2.24) is 9.79 Å². The van der Waals surface area contributed by atoms with Gasteiger partial charge in [-0.05, 0) is 30.7 Å². The van der Waals surface area contributed by atoms with Crippen molar-refractivity contribution in [3.8, 4) is 0 Å². The standard InChI is InChI=1S/C17H19ClN2O4S/c1-12-4-6-13(7-5-12)11-19-17(21)14-8-9-15(18)16(10-14)25(22,23)20(2)24-3/h4-10H,11H2,1-3H3,(H,19,21). The average Bonchev–Trinajstić information content (AvgIpc) is 2.60.